The normalized spacial score (nSPS) is 10.3. The highest BCUT2D eigenvalue weighted by atomic mass is 32.1. The van der Waals surface area contributed by atoms with Gasteiger partial charge in [-0.25, -0.2) is 13.2 Å². The average molecular weight is 310 g/mol. The number of hydrogen-bond acceptors (Lipinski definition) is 1. The molecule has 2 nitrogen and oxygen atoms in total. The molecule has 0 aliphatic rings. The Labute approximate surface area is 126 Å². The molecule has 0 aliphatic carbocycles. The molecular formula is C15H13F3N2S. The number of hydrogen-bond donors (Lipinski definition) is 2. The lowest BCUT2D eigenvalue weighted by molar-refractivity contribution is 0.449. The molecule has 21 heavy (non-hydrogen) atoms. The van der Waals surface area contributed by atoms with Gasteiger partial charge in [0.2, 0.25) is 0 Å². The van der Waals surface area contributed by atoms with Gasteiger partial charge in [-0.3, -0.25) is 0 Å². The first-order chi connectivity index (χ1) is 10.0. The molecule has 0 saturated carbocycles. The molecule has 0 atom stereocenters. The molecule has 2 aromatic carbocycles. The van der Waals surface area contributed by atoms with Crippen LogP contribution >= 0.6 is 12.2 Å². The molecule has 0 fully saturated rings. The second-order valence-electron chi connectivity index (χ2n) is 4.36. The summed E-state index contributed by atoms with van der Waals surface area (Å²) >= 11 is 5.03. The number of nitrogens with one attached hydrogen (secondary N) is 2. The molecule has 2 aromatic rings. The number of rotatable bonds is 3. The average Bonchev–Trinajstić information content (AvgIpc) is 2.48. The van der Waals surface area contributed by atoms with Crippen LogP contribution in [0.25, 0.3) is 0 Å². The summed E-state index contributed by atoms with van der Waals surface area (Å²) in [6, 6.07) is 9.45. The molecule has 2 N–H and O–H groups in total. The Morgan fingerprint density at radius 1 is 1.05 bits per heavy atom. The van der Waals surface area contributed by atoms with Crippen molar-refractivity contribution in [1.82, 2.24) is 0 Å². The summed E-state index contributed by atoms with van der Waals surface area (Å²) in [5, 5.41) is 5.46. The van der Waals surface area contributed by atoms with Crippen molar-refractivity contribution < 1.29 is 13.2 Å². The molecule has 0 heterocycles. The third-order valence-corrected chi connectivity index (χ3v) is 3.08. The molecule has 0 aliphatic heterocycles. The van der Waals surface area contributed by atoms with Crippen molar-refractivity contribution in [2.75, 3.05) is 10.6 Å². The monoisotopic (exact) mass is 310 g/mol. The quantitative estimate of drug-likeness (QED) is 0.646. The van der Waals surface area contributed by atoms with Gasteiger partial charge in [0.15, 0.2) is 22.6 Å². The maximum atomic E-state index is 13.5. The lowest BCUT2D eigenvalue weighted by Gasteiger charge is -2.12. The van der Waals surface area contributed by atoms with Crippen LogP contribution in [0.1, 0.15) is 12.5 Å². The van der Waals surface area contributed by atoms with Crippen molar-refractivity contribution in [2.45, 2.75) is 13.3 Å². The van der Waals surface area contributed by atoms with Crippen LogP contribution in [0, 0.1) is 17.5 Å². The van der Waals surface area contributed by atoms with Gasteiger partial charge in [-0.2, -0.15) is 0 Å². The van der Waals surface area contributed by atoms with Gasteiger partial charge in [-0.05, 0) is 48.5 Å². The first kappa shape index (κ1) is 15.3. The van der Waals surface area contributed by atoms with E-state index in [4.69, 9.17) is 12.2 Å². The maximum Gasteiger partial charge on any atom is 0.196 e. The molecular weight excluding hydrogens is 297 g/mol. The molecule has 0 aromatic heterocycles. The molecule has 0 amide bonds. The second kappa shape index (κ2) is 6.58. The Kier molecular flexibility index (Phi) is 4.80. The highest BCUT2D eigenvalue weighted by molar-refractivity contribution is 7.80. The van der Waals surface area contributed by atoms with Gasteiger partial charge < -0.3 is 10.6 Å². The van der Waals surface area contributed by atoms with Crippen LogP contribution in [0.5, 0.6) is 0 Å². The second-order valence-corrected chi connectivity index (χ2v) is 4.76. The van der Waals surface area contributed by atoms with E-state index >= 15 is 0 Å². The minimum Gasteiger partial charge on any atom is -0.332 e. The van der Waals surface area contributed by atoms with E-state index in [1.807, 2.05) is 25.1 Å². The Morgan fingerprint density at radius 2 is 1.81 bits per heavy atom. The van der Waals surface area contributed by atoms with Crippen molar-refractivity contribution in [3.8, 4) is 0 Å². The predicted molar refractivity (Wildman–Crippen MR) is 82.0 cm³/mol. The first-order valence-electron chi connectivity index (χ1n) is 6.31. The van der Waals surface area contributed by atoms with E-state index in [-0.39, 0.29) is 10.8 Å². The molecule has 0 spiro atoms. The number of aryl methyl sites for hydroxylation is 1. The summed E-state index contributed by atoms with van der Waals surface area (Å²) in [5.74, 6) is -4.08. The van der Waals surface area contributed by atoms with Crippen molar-refractivity contribution in [3.63, 3.8) is 0 Å². The van der Waals surface area contributed by atoms with E-state index in [1.54, 1.807) is 6.07 Å². The smallest absolute Gasteiger partial charge is 0.196 e. The topological polar surface area (TPSA) is 24.1 Å². The van der Waals surface area contributed by atoms with Crippen LogP contribution in [0.4, 0.5) is 24.5 Å². The minimum atomic E-state index is -1.53. The van der Waals surface area contributed by atoms with Crippen LogP contribution in [0.3, 0.4) is 0 Å². The van der Waals surface area contributed by atoms with E-state index in [9.17, 15) is 13.2 Å². The molecule has 0 unspecified atom stereocenters. The highest BCUT2D eigenvalue weighted by Crippen LogP contribution is 2.20. The Morgan fingerprint density at radius 3 is 2.52 bits per heavy atom. The number of benzene rings is 2. The summed E-state index contributed by atoms with van der Waals surface area (Å²) in [6.07, 6.45) is 0.869. The molecule has 6 heteroatoms. The summed E-state index contributed by atoms with van der Waals surface area (Å²) in [5.41, 5.74) is 1.62. The fourth-order valence-corrected chi connectivity index (χ4v) is 2.00. The largest absolute Gasteiger partial charge is 0.332 e. The first-order valence-corrected chi connectivity index (χ1v) is 6.72. The van der Waals surface area contributed by atoms with Crippen molar-refractivity contribution in [3.05, 3.63) is 59.4 Å². The molecule has 0 bridgehead atoms. The van der Waals surface area contributed by atoms with Crippen LogP contribution in [0.15, 0.2) is 36.4 Å². The number of thiocarbonyl (C=S) groups is 1. The van der Waals surface area contributed by atoms with Gasteiger partial charge in [0, 0.05) is 5.69 Å². The zero-order valence-corrected chi connectivity index (χ0v) is 12.0. The van der Waals surface area contributed by atoms with Crippen molar-refractivity contribution in [1.29, 1.82) is 0 Å². The Hall–Kier alpha value is -2.08. The van der Waals surface area contributed by atoms with E-state index in [0.717, 1.165) is 29.8 Å². The van der Waals surface area contributed by atoms with E-state index in [2.05, 4.69) is 10.6 Å². The standard InChI is InChI=1S/C15H13F3N2S/c1-2-9-4-3-5-10(8-9)19-15(21)20-12-7-6-11(16)13(17)14(12)18/h3-8H,2H2,1H3,(H2,19,20,21). The van der Waals surface area contributed by atoms with Gasteiger partial charge in [0.1, 0.15) is 0 Å². The van der Waals surface area contributed by atoms with Crippen LogP contribution in [-0.2, 0) is 6.42 Å². The third-order valence-electron chi connectivity index (χ3n) is 2.88. The van der Waals surface area contributed by atoms with Gasteiger partial charge in [-0.15, -0.1) is 0 Å². The van der Waals surface area contributed by atoms with Gasteiger partial charge >= 0.3 is 0 Å². The summed E-state index contributed by atoms with van der Waals surface area (Å²) < 4.78 is 39.5. The van der Waals surface area contributed by atoms with Crippen molar-refractivity contribution >= 4 is 28.7 Å². The zero-order chi connectivity index (χ0) is 15.4. The van der Waals surface area contributed by atoms with Crippen LogP contribution in [-0.4, -0.2) is 5.11 Å². The van der Waals surface area contributed by atoms with E-state index in [0.29, 0.717) is 0 Å². The summed E-state index contributed by atoms with van der Waals surface area (Å²) in [7, 11) is 0. The molecule has 2 rings (SSSR count). The number of anilines is 2. The Bertz CT molecular complexity index is 674. The predicted octanol–water partition coefficient (Wildman–Crippen LogP) is 4.48. The van der Waals surface area contributed by atoms with Gasteiger partial charge in [0.25, 0.3) is 0 Å². The zero-order valence-electron chi connectivity index (χ0n) is 11.2. The lowest BCUT2D eigenvalue weighted by Crippen LogP contribution is -2.20. The fourth-order valence-electron chi connectivity index (χ4n) is 1.78. The maximum absolute atomic E-state index is 13.5. The highest BCUT2D eigenvalue weighted by Gasteiger charge is 2.14. The third kappa shape index (κ3) is 3.72. The molecule has 0 saturated heterocycles. The summed E-state index contributed by atoms with van der Waals surface area (Å²) in [6.45, 7) is 2.02. The van der Waals surface area contributed by atoms with Crippen molar-refractivity contribution in [2.24, 2.45) is 0 Å². The molecule has 110 valence electrons. The fraction of sp³-hybridized carbons (Fsp3) is 0.133. The van der Waals surface area contributed by atoms with Gasteiger partial charge in [-0.1, -0.05) is 19.1 Å². The van der Waals surface area contributed by atoms with E-state index in [1.165, 1.54) is 0 Å². The van der Waals surface area contributed by atoms with E-state index < -0.39 is 17.5 Å². The SMILES string of the molecule is CCc1cccc(NC(=S)Nc2ccc(F)c(F)c2F)c1. The number of halogens is 3. The van der Waals surface area contributed by atoms with Gasteiger partial charge in [0.05, 0.1) is 5.69 Å². The minimum absolute atomic E-state index is 0.0909. The van der Waals surface area contributed by atoms with Crippen LogP contribution in [0.2, 0.25) is 0 Å². The molecule has 0 radical (unpaired) electrons. The Balaban J connectivity index is 2.10. The lowest BCUT2D eigenvalue weighted by atomic mass is 10.1. The summed E-state index contributed by atoms with van der Waals surface area (Å²) in [4.78, 5) is 0. The van der Waals surface area contributed by atoms with Crippen LogP contribution < -0.4 is 10.6 Å².